The van der Waals surface area contributed by atoms with Crippen molar-refractivity contribution in [3.05, 3.63) is 48.0 Å². The molecule has 1 aliphatic heterocycles. The van der Waals surface area contributed by atoms with Gasteiger partial charge in [-0.25, -0.2) is 4.98 Å². The Morgan fingerprint density at radius 2 is 2.20 bits per heavy atom. The first-order valence-corrected chi connectivity index (χ1v) is 7.59. The maximum Gasteiger partial charge on any atom is 0.0950 e. The summed E-state index contributed by atoms with van der Waals surface area (Å²) in [6.45, 7) is 4.42. The van der Waals surface area contributed by atoms with Gasteiger partial charge in [-0.15, -0.1) is 0 Å². The van der Waals surface area contributed by atoms with Gasteiger partial charge in [-0.3, -0.25) is 0 Å². The molecule has 0 amide bonds. The first-order valence-electron chi connectivity index (χ1n) is 7.59. The largest absolute Gasteiger partial charge is 0.382 e. The van der Waals surface area contributed by atoms with Gasteiger partial charge in [0.15, 0.2) is 0 Å². The number of benzene rings is 1. The van der Waals surface area contributed by atoms with Crippen molar-refractivity contribution in [3.63, 3.8) is 0 Å². The molecule has 0 saturated carbocycles. The van der Waals surface area contributed by atoms with Crippen LogP contribution >= 0.6 is 0 Å². The lowest BCUT2D eigenvalue weighted by Crippen LogP contribution is -2.26. The van der Waals surface area contributed by atoms with Crippen molar-refractivity contribution in [1.82, 2.24) is 9.55 Å². The average molecular weight is 269 g/mol. The summed E-state index contributed by atoms with van der Waals surface area (Å²) in [5.41, 5.74) is 4.12. The molecule has 0 bridgehead atoms. The van der Waals surface area contributed by atoms with Crippen LogP contribution in [-0.2, 0) is 12.8 Å². The second-order valence-electron chi connectivity index (χ2n) is 5.96. The highest BCUT2D eigenvalue weighted by molar-refractivity contribution is 5.53. The molecule has 1 aromatic heterocycles. The van der Waals surface area contributed by atoms with Gasteiger partial charge in [0.25, 0.3) is 0 Å². The molecule has 1 aliphatic rings. The smallest absolute Gasteiger partial charge is 0.0950 e. The molecule has 2 heterocycles. The quantitative estimate of drug-likeness (QED) is 0.914. The van der Waals surface area contributed by atoms with Gasteiger partial charge in [-0.2, -0.15) is 0 Å². The number of fused-ring (bicyclic) bond motifs is 1. The van der Waals surface area contributed by atoms with Crippen LogP contribution < -0.4 is 5.32 Å². The van der Waals surface area contributed by atoms with Crippen LogP contribution in [0.5, 0.6) is 0 Å². The number of hydrogen-bond acceptors (Lipinski definition) is 2. The molecule has 3 heteroatoms. The minimum absolute atomic E-state index is 0.493. The summed E-state index contributed by atoms with van der Waals surface area (Å²) in [4.78, 5) is 4.29. The van der Waals surface area contributed by atoms with Gasteiger partial charge in [0, 0.05) is 29.7 Å². The standard InChI is InChI=1S/C17H23N3/c1-13(2)20-12-18-11-16(20)10-9-15-8-7-14-5-3-4-6-17(14)19-15/h3-6,11-13,15,19H,7-10H2,1-2H3. The predicted molar refractivity (Wildman–Crippen MR) is 83.1 cm³/mol. The van der Waals surface area contributed by atoms with Gasteiger partial charge in [0.05, 0.1) is 6.33 Å². The van der Waals surface area contributed by atoms with Crippen molar-refractivity contribution in [2.45, 2.75) is 51.6 Å². The highest BCUT2D eigenvalue weighted by atomic mass is 15.1. The van der Waals surface area contributed by atoms with E-state index in [2.05, 4.69) is 53.0 Å². The highest BCUT2D eigenvalue weighted by Crippen LogP contribution is 2.26. The average Bonchev–Trinajstić information content (AvgIpc) is 2.93. The summed E-state index contributed by atoms with van der Waals surface area (Å²) in [7, 11) is 0. The molecule has 0 saturated heterocycles. The van der Waals surface area contributed by atoms with Crippen LogP contribution in [0.4, 0.5) is 5.69 Å². The number of anilines is 1. The molecule has 0 radical (unpaired) electrons. The molecule has 2 aromatic rings. The third-order valence-corrected chi connectivity index (χ3v) is 4.19. The molecule has 0 fully saturated rings. The van der Waals surface area contributed by atoms with Gasteiger partial charge in [0.2, 0.25) is 0 Å². The molecule has 20 heavy (non-hydrogen) atoms. The topological polar surface area (TPSA) is 29.9 Å². The SMILES string of the molecule is CC(C)n1cncc1CCC1CCc2ccccc2N1. The van der Waals surface area contributed by atoms with E-state index in [-0.39, 0.29) is 0 Å². The number of para-hydroxylation sites is 1. The summed E-state index contributed by atoms with van der Waals surface area (Å²) in [5, 5.41) is 3.68. The van der Waals surface area contributed by atoms with E-state index in [1.165, 1.54) is 36.2 Å². The van der Waals surface area contributed by atoms with Crippen molar-refractivity contribution < 1.29 is 0 Å². The van der Waals surface area contributed by atoms with E-state index >= 15 is 0 Å². The Morgan fingerprint density at radius 3 is 3.05 bits per heavy atom. The van der Waals surface area contributed by atoms with Gasteiger partial charge in [-0.05, 0) is 51.2 Å². The number of nitrogens with zero attached hydrogens (tertiary/aromatic N) is 2. The lowest BCUT2D eigenvalue weighted by molar-refractivity contribution is 0.538. The molecule has 0 aliphatic carbocycles. The molecule has 1 unspecified atom stereocenters. The molecule has 0 spiro atoms. The van der Waals surface area contributed by atoms with Gasteiger partial charge < -0.3 is 9.88 Å². The van der Waals surface area contributed by atoms with Crippen LogP contribution in [-0.4, -0.2) is 15.6 Å². The van der Waals surface area contributed by atoms with Gasteiger partial charge >= 0.3 is 0 Å². The van der Waals surface area contributed by atoms with Gasteiger partial charge in [0.1, 0.15) is 0 Å². The van der Waals surface area contributed by atoms with Gasteiger partial charge in [-0.1, -0.05) is 18.2 Å². The van der Waals surface area contributed by atoms with Crippen LogP contribution in [0.2, 0.25) is 0 Å². The maximum atomic E-state index is 4.29. The van der Waals surface area contributed by atoms with E-state index in [0.717, 1.165) is 6.42 Å². The Morgan fingerprint density at radius 1 is 1.35 bits per heavy atom. The summed E-state index contributed by atoms with van der Waals surface area (Å²) in [6, 6.07) is 9.74. The highest BCUT2D eigenvalue weighted by Gasteiger charge is 2.17. The fourth-order valence-corrected chi connectivity index (χ4v) is 3.03. The van der Waals surface area contributed by atoms with E-state index in [1.807, 2.05) is 12.5 Å². The fourth-order valence-electron chi connectivity index (χ4n) is 3.03. The zero-order chi connectivity index (χ0) is 13.9. The van der Waals surface area contributed by atoms with E-state index < -0.39 is 0 Å². The van der Waals surface area contributed by atoms with Crippen LogP contribution in [0.15, 0.2) is 36.8 Å². The third-order valence-electron chi connectivity index (χ3n) is 4.19. The van der Waals surface area contributed by atoms with Crippen molar-refractivity contribution in [2.75, 3.05) is 5.32 Å². The normalized spacial score (nSPS) is 17.9. The summed E-state index contributed by atoms with van der Waals surface area (Å²) in [5.74, 6) is 0. The Balaban J connectivity index is 1.61. The molecule has 106 valence electrons. The fraction of sp³-hybridized carbons (Fsp3) is 0.471. The molecule has 1 N–H and O–H groups in total. The molecule has 3 rings (SSSR count). The minimum atomic E-state index is 0.493. The number of imidazole rings is 1. The summed E-state index contributed by atoms with van der Waals surface area (Å²) in [6.07, 6.45) is 8.65. The van der Waals surface area contributed by atoms with Crippen molar-refractivity contribution in [1.29, 1.82) is 0 Å². The van der Waals surface area contributed by atoms with E-state index in [9.17, 15) is 0 Å². The maximum absolute atomic E-state index is 4.29. The van der Waals surface area contributed by atoms with Crippen molar-refractivity contribution in [3.8, 4) is 0 Å². The molecule has 1 aromatic carbocycles. The Hall–Kier alpha value is -1.77. The molecule has 1 atom stereocenters. The second kappa shape index (κ2) is 5.70. The summed E-state index contributed by atoms with van der Waals surface area (Å²) >= 11 is 0. The Kier molecular flexibility index (Phi) is 3.77. The number of nitrogens with one attached hydrogen (secondary N) is 1. The van der Waals surface area contributed by atoms with Crippen LogP contribution in [0, 0.1) is 0 Å². The zero-order valence-corrected chi connectivity index (χ0v) is 12.3. The van der Waals surface area contributed by atoms with Crippen molar-refractivity contribution in [2.24, 2.45) is 0 Å². The predicted octanol–water partition coefficient (Wildman–Crippen LogP) is 3.82. The van der Waals surface area contributed by atoms with Crippen LogP contribution in [0.3, 0.4) is 0 Å². The van der Waals surface area contributed by atoms with E-state index in [4.69, 9.17) is 0 Å². The minimum Gasteiger partial charge on any atom is -0.382 e. The van der Waals surface area contributed by atoms with Crippen LogP contribution in [0.25, 0.3) is 0 Å². The van der Waals surface area contributed by atoms with E-state index in [1.54, 1.807) is 0 Å². The Labute approximate surface area is 121 Å². The molecular weight excluding hydrogens is 246 g/mol. The number of aryl methyl sites for hydroxylation is 2. The number of aromatic nitrogens is 2. The zero-order valence-electron chi connectivity index (χ0n) is 12.3. The number of rotatable bonds is 4. The van der Waals surface area contributed by atoms with Crippen molar-refractivity contribution >= 4 is 5.69 Å². The third kappa shape index (κ3) is 2.72. The first-order chi connectivity index (χ1) is 9.74. The molecule has 3 nitrogen and oxygen atoms in total. The lowest BCUT2D eigenvalue weighted by Gasteiger charge is -2.27. The second-order valence-corrected chi connectivity index (χ2v) is 5.96. The first kappa shape index (κ1) is 13.2. The molecular formula is C17H23N3. The summed E-state index contributed by atoms with van der Waals surface area (Å²) < 4.78 is 2.27. The number of hydrogen-bond donors (Lipinski definition) is 1. The Bertz CT molecular complexity index is 571. The van der Waals surface area contributed by atoms with Crippen LogP contribution in [0.1, 0.15) is 44.0 Å². The lowest BCUT2D eigenvalue weighted by atomic mass is 9.95. The van der Waals surface area contributed by atoms with E-state index in [0.29, 0.717) is 12.1 Å². The monoisotopic (exact) mass is 269 g/mol.